The second kappa shape index (κ2) is 6.55. The topological polar surface area (TPSA) is 94.5 Å². The fraction of sp³-hybridized carbons (Fsp3) is 0. The number of halogens is 1. The van der Waals surface area contributed by atoms with Crippen LogP contribution in [0.3, 0.4) is 0 Å². The van der Waals surface area contributed by atoms with Gasteiger partial charge in [-0.1, -0.05) is 23.7 Å². The maximum atomic E-state index is 12.4. The molecule has 3 N–H and O–H groups in total. The van der Waals surface area contributed by atoms with E-state index in [9.17, 15) is 14.7 Å². The smallest absolute Gasteiger partial charge is 0.276 e. The van der Waals surface area contributed by atoms with Crippen LogP contribution in [-0.4, -0.2) is 22.2 Å². The van der Waals surface area contributed by atoms with Gasteiger partial charge in [0, 0.05) is 27.7 Å². The van der Waals surface area contributed by atoms with Gasteiger partial charge in [-0.3, -0.25) is 9.59 Å². The lowest BCUT2D eigenvalue weighted by Gasteiger charge is -2.03. The molecule has 1 amide bonds. The van der Waals surface area contributed by atoms with Crippen molar-refractivity contribution in [3.8, 4) is 5.75 Å². The van der Waals surface area contributed by atoms with E-state index in [4.69, 9.17) is 11.6 Å². The van der Waals surface area contributed by atoms with Gasteiger partial charge >= 0.3 is 0 Å². The van der Waals surface area contributed by atoms with Crippen molar-refractivity contribution in [1.29, 1.82) is 0 Å². The molecule has 3 aromatic rings. The first-order valence-electron chi connectivity index (χ1n) is 6.98. The highest BCUT2D eigenvalue weighted by atomic mass is 35.5. The molecule has 6 nitrogen and oxygen atoms in total. The van der Waals surface area contributed by atoms with Crippen molar-refractivity contribution in [3.63, 3.8) is 0 Å². The molecular formula is C17H12ClN3O3. The molecular weight excluding hydrogens is 330 g/mol. The minimum absolute atomic E-state index is 0.0358. The zero-order valence-corrected chi connectivity index (χ0v) is 13.0. The SMILES string of the molecule is O=C(N/N=C/c1ccccc1O)c1c[nH]c2ccc(Cl)cc2c1=O. The molecule has 1 aromatic heterocycles. The van der Waals surface area contributed by atoms with Gasteiger partial charge in [0.05, 0.1) is 6.21 Å². The molecule has 0 aliphatic carbocycles. The van der Waals surface area contributed by atoms with Crippen molar-refractivity contribution < 1.29 is 9.90 Å². The Morgan fingerprint density at radius 1 is 1.25 bits per heavy atom. The Kier molecular flexibility index (Phi) is 4.31. The summed E-state index contributed by atoms with van der Waals surface area (Å²) in [5.74, 6) is -0.626. The predicted octanol–water partition coefficient (Wildman–Crippen LogP) is 2.65. The van der Waals surface area contributed by atoms with Gasteiger partial charge < -0.3 is 10.1 Å². The Bertz CT molecular complexity index is 1010. The molecule has 120 valence electrons. The van der Waals surface area contributed by atoms with Crippen LogP contribution in [0.4, 0.5) is 0 Å². The van der Waals surface area contributed by atoms with E-state index in [0.29, 0.717) is 21.5 Å². The number of phenols is 1. The number of fused-ring (bicyclic) bond motifs is 1. The lowest BCUT2D eigenvalue weighted by atomic mass is 10.1. The van der Waals surface area contributed by atoms with Crippen LogP contribution in [0.25, 0.3) is 10.9 Å². The number of aromatic hydroxyl groups is 1. The first-order chi connectivity index (χ1) is 11.6. The van der Waals surface area contributed by atoms with Crippen molar-refractivity contribution in [1.82, 2.24) is 10.4 Å². The first-order valence-corrected chi connectivity index (χ1v) is 7.36. The van der Waals surface area contributed by atoms with E-state index in [0.717, 1.165) is 0 Å². The molecule has 3 rings (SSSR count). The van der Waals surface area contributed by atoms with Gasteiger partial charge in [0.25, 0.3) is 5.91 Å². The number of nitrogens with one attached hydrogen (secondary N) is 2. The molecule has 0 saturated carbocycles. The van der Waals surface area contributed by atoms with E-state index in [1.165, 1.54) is 24.5 Å². The predicted molar refractivity (Wildman–Crippen MR) is 92.7 cm³/mol. The van der Waals surface area contributed by atoms with Gasteiger partial charge in [0.2, 0.25) is 5.43 Å². The monoisotopic (exact) mass is 341 g/mol. The standard InChI is InChI=1S/C17H12ClN3O3/c18-11-5-6-14-12(7-11)16(23)13(9-19-14)17(24)21-20-8-10-3-1-2-4-15(10)22/h1-9,22H,(H,19,23)(H,21,24)/b20-8+. The highest BCUT2D eigenvalue weighted by molar-refractivity contribution is 6.31. The second-order valence-corrected chi connectivity index (χ2v) is 5.42. The summed E-state index contributed by atoms with van der Waals surface area (Å²) in [5, 5.41) is 14.1. The first kappa shape index (κ1) is 15.8. The number of para-hydroxylation sites is 1. The van der Waals surface area contributed by atoms with Crippen molar-refractivity contribution in [2.24, 2.45) is 5.10 Å². The minimum atomic E-state index is -0.662. The molecule has 24 heavy (non-hydrogen) atoms. The summed E-state index contributed by atoms with van der Waals surface area (Å²) in [7, 11) is 0. The highest BCUT2D eigenvalue weighted by Gasteiger charge is 2.12. The Morgan fingerprint density at radius 2 is 2.04 bits per heavy atom. The third kappa shape index (κ3) is 3.13. The summed E-state index contributed by atoms with van der Waals surface area (Å²) in [6.07, 6.45) is 2.61. The molecule has 0 spiro atoms. The van der Waals surface area contributed by atoms with E-state index in [-0.39, 0.29) is 11.3 Å². The quantitative estimate of drug-likeness (QED) is 0.505. The zero-order chi connectivity index (χ0) is 17.1. The van der Waals surface area contributed by atoms with Gasteiger partial charge in [0.15, 0.2) is 0 Å². The Balaban J connectivity index is 1.85. The van der Waals surface area contributed by atoms with Crippen LogP contribution in [0.5, 0.6) is 5.75 Å². The van der Waals surface area contributed by atoms with Crippen molar-refractivity contribution in [2.45, 2.75) is 0 Å². The summed E-state index contributed by atoms with van der Waals surface area (Å²) in [4.78, 5) is 27.4. The average Bonchev–Trinajstić information content (AvgIpc) is 2.57. The van der Waals surface area contributed by atoms with Crippen LogP contribution in [0.2, 0.25) is 5.02 Å². The number of hydrogen-bond acceptors (Lipinski definition) is 4. The Hall–Kier alpha value is -3.12. The number of hydrazone groups is 1. The van der Waals surface area contributed by atoms with Gasteiger partial charge in [-0.15, -0.1) is 0 Å². The fourth-order valence-corrected chi connectivity index (χ4v) is 2.35. The van der Waals surface area contributed by atoms with E-state index in [2.05, 4.69) is 15.5 Å². The number of rotatable bonds is 3. The van der Waals surface area contributed by atoms with Crippen molar-refractivity contribution in [3.05, 3.63) is 75.0 Å². The summed E-state index contributed by atoms with van der Waals surface area (Å²) in [6, 6.07) is 11.3. The van der Waals surface area contributed by atoms with E-state index in [1.54, 1.807) is 30.3 Å². The van der Waals surface area contributed by atoms with Crippen LogP contribution in [0, 0.1) is 0 Å². The van der Waals surface area contributed by atoms with E-state index < -0.39 is 11.3 Å². The highest BCUT2D eigenvalue weighted by Crippen LogP contribution is 2.15. The number of pyridine rings is 1. The number of carbonyl (C=O) groups is 1. The normalized spacial score (nSPS) is 11.0. The van der Waals surface area contributed by atoms with Crippen LogP contribution in [0.1, 0.15) is 15.9 Å². The molecule has 0 saturated heterocycles. The number of amides is 1. The molecule has 0 bridgehead atoms. The number of carbonyl (C=O) groups excluding carboxylic acids is 1. The van der Waals surface area contributed by atoms with Gasteiger partial charge in [-0.25, -0.2) is 5.43 Å². The Labute approximate surface area is 141 Å². The fourth-order valence-electron chi connectivity index (χ4n) is 2.18. The van der Waals surface area contributed by atoms with Crippen LogP contribution in [-0.2, 0) is 0 Å². The van der Waals surface area contributed by atoms with Crippen LogP contribution in [0.15, 0.2) is 58.6 Å². The van der Waals surface area contributed by atoms with Gasteiger partial charge in [0.1, 0.15) is 11.3 Å². The van der Waals surface area contributed by atoms with E-state index in [1.807, 2.05) is 0 Å². The van der Waals surface area contributed by atoms with Crippen molar-refractivity contribution >= 4 is 34.6 Å². The second-order valence-electron chi connectivity index (χ2n) is 4.98. The number of benzene rings is 2. The lowest BCUT2D eigenvalue weighted by molar-refractivity contribution is 0.0954. The van der Waals surface area contributed by atoms with Gasteiger partial charge in [-0.05, 0) is 30.3 Å². The number of aromatic amines is 1. The minimum Gasteiger partial charge on any atom is -0.507 e. The number of hydrogen-bond donors (Lipinski definition) is 3. The molecule has 0 aliphatic heterocycles. The molecule has 7 heteroatoms. The Morgan fingerprint density at radius 3 is 2.83 bits per heavy atom. The number of aromatic nitrogens is 1. The van der Waals surface area contributed by atoms with Gasteiger partial charge in [-0.2, -0.15) is 5.10 Å². The maximum absolute atomic E-state index is 12.4. The van der Waals surface area contributed by atoms with Crippen LogP contribution < -0.4 is 10.9 Å². The maximum Gasteiger partial charge on any atom is 0.276 e. The average molecular weight is 342 g/mol. The van der Waals surface area contributed by atoms with E-state index >= 15 is 0 Å². The summed E-state index contributed by atoms with van der Waals surface area (Å²) < 4.78 is 0. The van der Waals surface area contributed by atoms with Crippen molar-refractivity contribution in [2.75, 3.05) is 0 Å². The largest absolute Gasteiger partial charge is 0.507 e. The molecule has 0 aliphatic rings. The molecule has 0 radical (unpaired) electrons. The zero-order valence-electron chi connectivity index (χ0n) is 12.3. The summed E-state index contributed by atoms with van der Waals surface area (Å²) in [5.41, 5.74) is 2.76. The third-order valence-electron chi connectivity index (χ3n) is 3.39. The number of phenolic OH excluding ortho intramolecular Hbond substituents is 1. The molecule has 0 unspecified atom stereocenters. The number of H-pyrrole nitrogens is 1. The third-order valence-corrected chi connectivity index (χ3v) is 3.63. The van der Waals surface area contributed by atoms with Crippen LogP contribution >= 0.6 is 11.6 Å². The molecule has 0 fully saturated rings. The lowest BCUT2D eigenvalue weighted by Crippen LogP contribution is -2.25. The molecule has 1 heterocycles. The summed E-state index contributed by atoms with van der Waals surface area (Å²) >= 11 is 5.89. The summed E-state index contributed by atoms with van der Waals surface area (Å²) in [6.45, 7) is 0. The molecule has 0 atom stereocenters. The molecule has 2 aromatic carbocycles. The number of nitrogens with zero attached hydrogens (tertiary/aromatic N) is 1.